The van der Waals surface area contributed by atoms with E-state index in [1.54, 1.807) is 0 Å². The summed E-state index contributed by atoms with van der Waals surface area (Å²) in [5.74, 6) is 0.630. The zero-order valence-electron chi connectivity index (χ0n) is 14.0. The van der Waals surface area contributed by atoms with Crippen LogP contribution in [0.25, 0.3) is 0 Å². The lowest BCUT2D eigenvalue weighted by Crippen LogP contribution is -2.43. The monoisotopic (exact) mass is 320 g/mol. The van der Waals surface area contributed by atoms with E-state index < -0.39 is 0 Å². The van der Waals surface area contributed by atoms with Gasteiger partial charge in [0.15, 0.2) is 0 Å². The van der Waals surface area contributed by atoms with E-state index in [4.69, 9.17) is 4.74 Å². The van der Waals surface area contributed by atoms with Crippen molar-refractivity contribution in [1.82, 2.24) is 4.90 Å². The van der Waals surface area contributed by atoms with Crippen molar-refractivity contribution in [1.29, 1.82) is 0 Å². The number of rotatable bonds is 8. The summed E-state index contributed by atoms with van der Waals surface area (Å²) in [5.41, 5.74) is 0.701. The molecule has 0 unspecified atom stereocenters. The molecule has 2 rings (SSSR count). The number of aliphatic hydroxyl groups excluding tert-OH is 1. The number of aliphatic hydroxyl groups is 1. The molecule has 1 aliphatic carbocycles. The topological polar surface area (TPSA) is 61.8 Å². The third kappa shape index (κ3) is 5.52. The Kier molecular flexibility index (Phi) is 7.36. The minimum atomic E-state index is -0.0591. The number of amides is 1. The molecule has 0 heterocycles. The van der Waals surface area contributed by atoms with Crippen LogP contribution in [0.15, 0.2) is 24.3 Å². The van der Waals surface area contributed by atoms with Crippen LogP contribution in [0.5, 0.6) is 5.75 Å². The Bertz CT molecular complexity index is 487. The molecule has 1 amide bonds. The van der Waals surface area contributed by atoms with Crippen molar-refractivity contribution in [3.8, 4) is 5.75 Å². The molecule has 1 aromatic carbocycles. The van der Waals surface area contributed by atoms with Crippen LogP contribution in [0.4, 0.5) is 5.69 Å². The molecule has 1 aromatic rings. The third-order valence-electron chi connectivity index (χ3n) is 4.29. The minimum absolute atomic E-state index is 0.0591. The number of hydrogen-bond acceptors (Lipinski definition) is 4. The fourth-order valence-corrected chi connectivity index (χ4v) is 3.19. The summed E-state index contributed by atoms with van der Waals surface area (Å²) in [6.45, 7) is 3.42. The summed E-state index contributed by atoms with van der Waals surface area (Å²) < 4.78 is 5.54. The molecule has 1 saturated carbocycles. The largest absolute Gasteiger partial charge is 0.492 e. The highest BCUT2D eigenvalue weighted by Gasteiger charge is 2.23. The SMILES string of the molecule is CCOc1ccccc1NC(=O)CN(CCO)C1CCCCC1. The van der Waals surface area contributed by atoms with Gasteiger partial charge in [-0.25, -0.2) is 0 Å². The summed E-state index contributed by atoms with van der Waals surface area (Å²) >= 11 is 0. The molecular weight excluding hydrogens is 292 g/mol. The molecule has 23 heavy (non-hydrogen) atoms. The Morgan fingerprint density at radius 2 is 2.04 bits per heavy atom. The van der Waals surface area contributed by atoms with Gasteiger partial charge in [0.1, 0.15) is 5.75 Å². The lowest BCUT2D eigenvalue weighted by atomic mass is 9.94. The molecule has 2 N–H and O–H groups in total. The van der Waals surface area contributed by atoms with Crippen molar-refractivity contribution < 1.29 is 14.6 Å². The predicted molar refractivity (Wildman–Crippen MR) is 91.8 cm³/mol. The molecule has 0 bridgehead atoms. The first-order chi connectivity index (χ1) is 11.2. The van der Waals surface area contributed by atoms with Crippen LogP contribution >= 0.6 is 0 Å². The van der Waals surface area contributed by atoms with Gasteiger partial charge in [-0.2, -0.15) is 0 Å². The molecule has 0 spiro atoms. The van der Waals surface area contributed by atoms with E-state index in [0.717, 1.165) is 12.8 Å². The van der Waals surface area contributed by atoms with Gasteiger partial charge in [0.2, 0.25) is 5.91 Å². The second-order valence-electron chi connectivity index (χ2n) is 5.96. The number of nitrogens with one attached hydrogen (secondary N) is 1. The van der Waals surface area contributed by atoms with Crippen LogP contribution in [0.1, 0.15) is 39.0 Å². The molecule has 0 atom stereocenters. The zero-order chi connectivity index (χ0) is 16.5. The van der Waals surface area contributed by atoms with Crippen molar-refractivity contribution in [2.75, 3.05) is 31.6 Å². The first kappa shape index (κ1) is 17.8. The maximum Gasteiger partial charge on any atom is 0.238 e. The minimum Gasteiger partial charge on any atom is -0.492 e. The highest BCUT2D eigenvalue weighted by molar-refractivity contribution is 5.93. The molecule has 0 radical (unpaired) electrons. The van der Waals surface area contributed by atoms with Crippen molar-refractivity contribution in [3.05, 3.63) is 24.3 Å². The first-order valence-electron chi connectivity index (χ1n) is 8.61. The van der Waals surface area contributed by atoms with E-state index in [2.05, 4.69) is 10.2 Å². The van der Waals surface area contributed by atoms with Gasteiger partial charge < -0.3 is 15.2 Å². The number of anilines is 1. The molecular formula is C18H28N2O3. The Hall–Kier alpha value is -1.59. The summed E-state index contributed by atoms with van der Waals surface area (Å²) in [6.07, 6.45) is 5.92. The first-order valence-corrected chi connectivity index (χ1v) is 8.61. The van der Waals surface area contributed by atoms with Gasteiger partial charge in [0, 0.05) is 12.6 Å². The van der Waals surface area contributed by atoms with Crippen LogP contribution in [-0.2, 0) is 4.79 Å². The van der Waals surface area contributed by atoms with Crippen LogP contribution in [-0.4, -0.2) is 48.3 Å². The molecule has 1 aliphatic rings. The molecule has 0 saturated heterocycles. The summed E-state index contributed by atoms with van der Waals surface area (Å²) in [4.78, 5) is 14.5. The molecule has 5 nitrogen and oxygen atoms in total. The van der Waals surface area contributed by atoms with Gasteiger partial charge in [-0.3, -0.25) is 9.69 Å². The molecule has 0 aromatic heterocycles. The summed E-state index contributed by atoms with van der Waals surface area (Å²) in [5, 5.41) is 12.2. The van der Waals surface area contributed by atoms with Crippen LogP contribution < -0.4 is 10.1 Å². The second-order valence-corrected chi connectivity index (χ2v) is 5.96. The van der Waals surface area contributed by atoms with Gasteiger partial charge in [-0.05, 0) is 31.9 Å². The fourth-order valence-electron chi connectivity index (χ4n) is 3.19. The van der Waals surface area contributed by atoms with E-state index >= 15 is 0 Å². The van der Waals surface area contributed by atoms with E-state index in [1.165, 1.54) is 19.3 Å². The van der Waals surface area contributed by atoms with Gasteiger partial charge in [-0.1, -0.05) is 31.4 Å². The second kappa shape index (κ2) is 9.53. The summed E-state index contributed by atoms with van der Waals surface area (Å²) in [7, 11) is 0. The third-order valence-corrected chi connectivity index (χ3v) is 4.29. The normalized spacial score (nSPS) is 15.6. The smallest absolute Gasteiger partial charge is 0.238 e. The zero-order valence-corrected chi connectivity index (χ0v) is 14.0. The average Bonchev–Trinajstić information content (AvgIpc) is 2.57. The number of benzene rings is 1. The summed E-state index contributed by atoms with van der Waals surface area (Å²) in [6, 6.07) is 7.88. The highest BCUT2D eigenvalue weighted by atomic mass is 16.5. The number of para-hydroxylation sites is 2. The molecule has 0 aliphatic heterocycles. The number of carbonyl (C=O) groups excluding carboxylic acids is 1. The lowest BCUT2D eigenvalue weighted by Gasteiger charge is -2.33. The maximum atomic E-state index is 12.4. The van der Waals surface area contributed by atoms with Crippen LogP contribution in [0, 0.1) is 0 Å². The van der Waals surface area contributed by atoms with Crippen LogP contribution in [0.3, 0.4) is 0 Å². The Balaban J connectivity index is 1.96. The number of hydrogen-bond donors (Lipinski definition) is 2. The van der Waals surface area contributed by atoms with Gasteiger partial charge in [0.05, 0.1) is 25.4 Å². The standard InChI is InChI=1S/C18H28N2O3/c1-2-23-17-11-7-6-10-16(17)19-18(22)14-20(12-13-21)15-8-4-3-5-9-15/h6-7,10-11,15,21H,2-5,8-9,12-14H2,1H3,(H,19,22). The van der Waals surface area contributed by atoms with E-state index in [-0.39, 0.29) is 12.5 Å². The Labute approximate surface area is 138 Å². The van der Waals surface area contributed by atoms with E-state index in [1.807, 2.05) is 31.2 Å². The van der Waals surface area contributed by atoms with Crippen LogP contribution in [0.2, 0.25) is 0 Å². The van der Waals surface area contributed by atoms with E-state index in [9.17, 15) is 9.90 Å². The lowest BCUT2D eigenvalue weighted by molar-refractivity contribution is -0.118. The molecule has 1 fully saturated rings. The number of ether oxygens (including phenoxy) is 1. The van der Waals surface area contributed by atoms with Crippen molar-refractivity contribution >= 4 is 11.6 Å². The number of carbonyl (C=O) groups is 1. The molecule has 128 valence electrons. The average molecular weight is 320 g/mol. The van der Waals surface area contributed by atoms with Gasteiger partial charge in [-0.15, -0.1) is 0 Å². The number of nitrogens with zero attached hydrogens (tertiary/aromatic N) is 1. The quantitative estimate of drug-likeness (QED) is 0.773. The van der Waals surface area contributed by atoms with Gasteiger partial charge in [0.25, 0.3) is 0 Å². The van der Waals surface area contributed by atoms with Crippen molar-refractivity contribution in [3.63, 3.8) is 0 Å². The van der Waals surface area contributed by atoms with Gasteiger partial charge >= 0.3 is 0 Å². The van der Waals surface area contributed by atoms with E-state index in [0.29, 0.717) is 37.2 Å². The Morgan fingerprint density at radius 3 is 2.74 bits per heavy atom. The molecule has 5 heteroatoms. The predicted octanol–water partition coefficient (Wildman–Crippen LogP) is 2.65. The van der Waals surface area contributed by atoms with Crippen molar-refractivity contribution in [2.24, 2.45) is 0 Å². The Morgan fingerprint density at radius 1 is 1.30 bits per heavy atom. The van der Waals surface area contributed by atoms with Crippen molar-refractivity contribution in [2.45, 2.75) is 45.1 Å². The fraction of sp³-hybridized carbons (Fsp3) is 0.611. The maximum absolute atomic E-state index is 12.4. The highest BCUT2D eigenvalue weighted by Crippen LogP contribution is 2.25.